The van der Waals surface area contributed by atoms with Crippen molar-refractivity contribution >= 4 is 16.3 Å². The van der Waals surface area contributed by atoms with Gasteiger partial charge in [-0.05, 0) is 6.92 Å². The minimum absolute atomic E-state index is 0.131. The molecule has 11 heavy (non-hydrogen) atoms. The normalized spacial score (nSPS) is 10.6. The molecule has 2 rings (SSSR count). The van der Waals surface area contributed by atoms with E-state index in [2.05, 4.69) is 11.1 Å². The number of fused-ring (bicyclic) bond motifs is 1. The molecule has 0 aliphatic rings. The van der Waals surface area contributed by atoms with Crippen LogP contribution in [0.25, 0.3) is 4.96 Å². The SMILES string of the molecule is Cc1[c]c(=O)n2ccsc2n1. The van der Waals surface area contributed by atoms with Crippen LogP contribution >= 0.6 is 11.3 Å². The Hall–Kier alpha value is -1.16. The maximum Gasteiger partial charge on any atom is 0.266 e. The third kappa shape index (κ3) is 0.952. The molecule has 0 aromatic carbocycles. The smallest absolute Gasteiger partial charge is 0.266 e. The van der Waals surface area contributed by atoms with E-state index in [4.69, 9.17) is 0 Å². The van der Waals surface area contributed by atoms with Gasteiger partial charge in [-0.1, -0.05) is 0 Å². The molecular formula is C7H5N2OS. The van der Waals surface area contributed by atoms with Crippen LogP contribution < -0.4 is 5.56 Å². The lowest BCUT2D eigenvalue weighted by Crippen LogP contribution is -2.12. The molecule has 0 aliphatic heterocycles. The molecule has 0 saturated carbocycles. The molecule has 0 fully saturated rings. The molecule has 2 aromatic rings. The molecule has 2 aromatic heterocycles. The Labute approximate surface area is 66.9 Å². The topological polar surface area (TPSA) is 34.4 Å². The van der Waals surface area contributed by atoms with Crippen LogP contribution in [0, 0.1) is 13.0 Å². The summed E-state index contributed by atoms with van der Waals surface area (Å²) in [6.45, 7) is 1.76. The first-order valence-electron chi connectivity index (χ1n) is 3.13. The predicted molar refractivity (Wildman–Crippen MR) is 42.9 cm³/mol. The lowest BCUT2D eigenvalue weighted by molar-refractivity contribution is 1.04. The van der Waals surface area contributed by atoms with E-state index in [1.807, 2.05) is 5.38 Å². The quantitative estimate of drug-likeness (QED) is 0.580. The summed E-state index contributed by atoms with van der Waals surface area (Å²) < 4.78 is 1.48. The van der Waals surface area contributed by atoms with Gasteiger partial charge in [-0.15, -0.1) is 11.3 Å². The average molecular weight is 165 g/mol. The van der Waals surface area contributed by atoms with E-state index in [0.29, 0.717) is 5.69 Å². The Bertz CT molecular complexity index is 443. The van der Waals surface area contributed by atoms with E-state index in [0.717, 1.165) is 4.96 Å². The van der Waals surface area contributed by atoms with Crippen molar-refractivity contribution in [1.82, 2.24) is 9.38 Å². The van der Waals surface area contributed by atoms with Gasteiger partial charge in [0.05, 0.1) is 11.8 Å². The Kier molecular flexibility index (Phi) is 1.29. The summed E-state index contributed by atoms with van der Waals surface area (Å²) in [5.74, 6) is 0. The fourth-order valence-electron chi connectivity index (χ4n) is 0.894. The molecule has 0 bridgehead atoms. The molecule has 0 N–H and O–H groups in total. The number of hydrogen-bond acceptors (Lipinski definition) is 3. The molecule has 0 saturated heterocycles. The van der Waals surface area contributed by atoms with Crippen LogP contribution in [0.3, 0.4) is 0 Å². The fourth-order valence-corrected chi connectivity index (χ4v) is 1.65. The lowest BCUT2D eigenvalue weighted by Gasteiger charge is -1.90. The van der Waals surface area contributed by atoms with Gasteiger partial charge in [0.25, 0.3) is 5.56 Å². The van der Waals surface area contributed by atoms with Gasteiger partial charge < -0.3 is 0 Å². The molecular weight excluding hydrogens is 160 g/mol. The highest BCUT2D eigenvalue weighted by Crippen LogP contribution is 2.04. The average Bonchev–Trinajstić information content (AvgIpc) is 2.34. The summed E-state index contributed by atoms with van der Waals surface area (Å²) in [5, 5.41) is 1.83. The van der Waals surface area contributed by atoms with Crippen LogP contribution in [-0.4, -0.2) is 9.38 Å². The van der Waals surface area contributed by atoms with Gasteiger partial charge in [-0.25, -0.2) is 4.98 Å². The number of hydrogen-bond donors (Lipinski definition) is 0. The van der Waals surface area contributed by atoms with Crippen LogP contribution in [0.5, 0.6) is 0 Å². The van der Waals surface area contributed by atoms with Gasteiger partial charge >= 0.3 is 0 Å². The molecule has 2 heterocycles. The highest BCUT2D eigenvalue weighted by Gasteiger charge is 1.98. The molecule has 4 heteroatoms. The van der Waals surface area contributed by atoms with Gasteiger partial charge in [-0.3, -0.25) is 9.20 Å². The minimum atomic E-state index is -0.131. The third-order valence-corrected chi connectivity index (χ3v) is 2.12. The molecule has 3 nitrogen and oxygen atoms in total. The van der Waals surface area contributed by atoms with Crippen LogP contribution in [-0.2, 0) is 0 Å². The largest absolute Gasteiger partial charge is 0.268 e. The van der Waals surface area contributed by atoms with E-state index in [9.17, 15) is 4.79 Å². The van der Waals surface area contributed by atoms with E-state index in [1.54, 1.807) is 13.1 Å². The van der Waals surface area contributed by atoms with Crippen molar-refractivity contribution in [3.63, 3.8) is 0 Å². The second-order valence-electron chi connectivity index (χ2n) is 2.18. The molecule has 0 spiro atoms. The van der Waals surface area contributed by atoms with Gasteiger partial charge in [0, 0.05) is 11.6 Å². The van der Waals surface area contributed by atoms with Crippen molar-refractivity contribution in [3.05, 3.63) is 33.7 Å². The summed E-state index contributed by atoms with van der Waals surface area (Å²) in [4.78, 5) is 16.0. The molecule has 0 unspecified atom stereocenters. The summed E-state index contributed by atoms with van der Waals surface area (Å²) in [5.41, 5.74) is 0.520. The van der Waals surface area contributed by atoms with Crippen molar-refractivity contribution in [2.75, 3.05) is 0 Å². The first-order chi connectivity index (χ1) is 5.27. The highest BCUT2D eigenvalue weighted by atomic mass is 32.1. The second-order valence-corrected chi connectivity index (χ2v) is 3.06. The van der Waals surface area contributed by atoms with E-state index < -0.39 is 0 Å². The first-order valence-corrected chi connectivity index (χ1v) is 4.01. The Morgan fingerprint density at radius 1 is 1.73 bits per heavy atom. The number of rotatable bonds is 0. The van der Waals surface area contributed by atoms with E-state index >= 15 is 0 Å². The third-order valence-electron chi connectivity index (χ3n) is 1.36. The lowest BCUT2D eigenvalue weighted by atomic mass is 10.4. The Morgan fingerprint density at radius 3 is 3.36 bits per heavy atom. The van der Waals surface area contributed by atoms with Crippen LogP contribution in [0.4, 0.5) is 0 Å². The van der Waals surface area contributed by atoms with E-state index in [1.165, 1.54) is 15.7 Å². The van der Waals surface area contributed by atoms with Crippen LogP contribution in [0.1, 0.15) is 5.69 Å². The highest BCUT2D eigenvalue weighted by molar-refractivity contribution is 7.15. The summed E-state index contributed by atoms with van der Waals surface area (Å²) >= 11 is 1.45. The number of nitrogens with zero attached hydrogens (tertiary/aromatic N) is 2. The zero-order valence-corrected chi connectivity index (χ0v) is 6.68. The number of aromatic nitrogens is 2. The van der Waals surface area contributed by atoms with Crippen molar-refractivity contribution < 1.29 is 0 Å². The van der Waals surface area contributed by atoms with Crippen molar-refractivity contribution in [2.24, 2.45) is 0 Å². The first kappa shape index (κ1) is 6.54. The molecule has 0 atom stereocenters. The molecule has 55 valence electrons. The zero-order valence-electron chi connectivity index (χ0n) is 5.87. The van der Waals surface area contributed by atoms with E-state index in [-0.39, 0.29) is 5.56 Å². The summed E-state index contributed by atoms with van der Waals surface area (Å²) in [7, 11) is 0. The molecule has 0 amide bonds. The summed E-state index contributed by atoms with van der Waals surface area (Å²) in [6, 6.07) is 2.60. The second kappa shape index (κ2) is 2.17. The van der Waals surface area contributed by atoms with Gasteiger partial charge in [0.15, 0.2) is 4.96 Å². The molecule has 0 aliphatic carbocycles. The van der Waals surface area contributed by atoms with Gasteiger partial charge in [-0.2, -0.15) is 0 Å². The van der Waals surface area contributed by atoms with Crippen LogP contribution in [0.15, 0.2) is 16.4 Å². The Morgan fingerprint density at radius 2 is 2.55 bits per heavy atom. The molecule has 1 radical (unpaired) electrons. The number of thiazole rings is 1. The summed E-state index contributed by atoms with van der Waals surface area (Å²) in [6.07, 6.45) is 1.70. The minimum Gasteiger partial charge on any atom is -0.268 e. The Balaban J connectivity index is 3.02. The van der Waals surface area contributed by atoms with Gasteiger partial charge in [0.1, 0.15) is 0 Å². The maximum absolute atomic E-state index is 11.1. The van der Waals surface area contributed by atoms with Crippen molar-refractivity contribution in [3.8, 4) is 0 Å². The zero-order chi connectivity index (χ0) is 7.84. The number of aryl methyl sites for hydroxylation is 1. The van der Waals surface area contributed by atoms with Crippen molar-refractivity contribution in [2.45, 2.75) is 6.92 Å². The van der Waals surface area contributed by atoms with Crippen molar-refractivity contribution in [1.29, 1.82) is 0 Å². The standard InChI is InChI=1S/C7H5N2OS/c1-5-4-6(10)9-2-3-11-7(9)8-5/h2-3H,1H3. The van der Waals surface area contributed by atoms with Crippen LogP contribution in [0.2, 0.25) is 0 Å². The fraction of sp³-hybridized carbons (Fsp3) is 0.143. The maximum atomic E-state index is 11.1. The monoisotopic (exact) mass is 165 g/mol. The predicted octanol–water partition coefficient (Wildman–Crippen LogP) is 0.865. The van der Waals surface area contributed by atoms with Gasteiger partial charge in [0.2, 0.25) is 0 Å².